The Kier molecular flexibility index (Phi) is 4.38. The maximum absolute atomic E-state index is 8.67. The number of anilines is 1. The third kappa shape index (κ3) is 2.97. The molecule has 0 fully saturated rings. The monoisotopic (exact) mass is 235 g/mol. The normalized spacial score (nSPS) is 10.3. The van der Waals surface area contributed by atoms with Gasteiger partial charge in [0.2, 0.25) is 0 Å². The van der Waals surface area contributed by atoms with E-state index in [-0.39, 0.29) is 6.61 Å². The van der Waals surface area contributed by atoms with Crippen LogP contribution in [-0.2, 0) is 0 Å². The minimum Gasteiger partial charge on any atom is -0.396 e. The van der Waals surface area contributed by atoms with Gasteiger partial charge in [0.1, 0.15) is 0 Å². The smallest absolute Gasteiger partial charge is 0.175 e. The van der Waals surface area contributed by atoms with Crippen molar-refractivity contribution in [3.05, 3.63) is 16.4 Å². The van der Waals surface area contributed by atoms with Crippen molar-refractivity contribution in [3.8, 4) is 0 Å². The largest absolute Gasteiger partial charge is 0.396 e. The Bertz CT molecular complexity index is 309. The highest BCUT2D eigenvalue weighted by Gasteiger charge is 2.08. The zero-order valence-electron chi connectivity index (χ0n) is 7.74. The zero-order valence-corrected chi connectivity index (χ0v) is 9.26. The van der Waals surface area contributed by atoms with Gasteiger partial charge in [-0.05, 0) is 6.42 Å². The van der Waals surface area contributed by atoms with Crippen molar-refractivity contribution in [1.82, 2.24) is 10.2 Å². The number of aromatic nitrogens is 2. The lowest BCUT2D eigenvalue weighted by atomic mass is 10.3. The van der Waals surface area contributed by atoms with Gasteiger partial charge in [-0.1, -0.05) is 23.2 Å². The van der Waals surface area contributed by atoms with E-state index >= 15 is 0 Å². The van der Waals surface area contributed by atoms with Crippen molar-refractivity contribution in [2.24, 2.45) is 0 Å². The second kappa shape index (κ2) is 5.34. The van der Waals surface area contributed by atoms with Gasteiger partial charge in [-0.25, -0.2) is 0 Å². The molecule has 1 N–H and O–H groups in total. The van der Waals surface area contributed by atoms with Crippen molar-refractivity contribution < 1.29 is 5.11 Å². The maximum atomic E-state index is 8.67. The first-order valence-corrected chi connectivity index (χ1v) is 4.91. The quantitative estimate of drug-likeness (QED) is 0.862. The van der Waals surface area contributed by atoms with Crippen molar-refractivity contribution >= 4 is 28.9 Å². The molecule has 78 valence electrons. The number of nitrogens with zero attached hydrogens (tertiary/aromatic N) is 3. The summed E-state index contributed by atoms with van der Waals surface area (Å²) in [5, 5.41) is 16.6. The minimum absolute atomic E-state index is 0.147. The lowest BCUT2D eigenvalue weighted by Crippen LogP contribution is -2.20. The number of hydrogen-bond donors (Lipinski definition) is 1. The van der Waals surface area contributed by atoms with Gasteiger partial charge in [0.25, 0.3) is 0 Å². The van der Waals surface area contributed by atoms with Crippen LogP contribution >= 0.6 is 23.2 Å². The molecule has 0 aromatic carbocycles. The van der Waals surface area contributed by atoms with Crippen LogP contribution in [0.3, 0.4) is 0 Å². The first-order valence-electron chi connectivity index (χ1n) is 4.16. The third-order valence-electron chi connectivity index (χ3n) is 1.76. The molecule has 0 bridgehead atoms. The van der Waals surface area contributed by atoms with Crippen LogP contribution in [0.2, 0.25) is 10.3 Å². The Balaban J connectivity index is 2.77. The van der Waals surface area contributed by atoms with Gasteiger partial charge in [-0.3, -0.25) is 0 Å². The summed E-state index contributed by atoms with van der Waals surface area (Å²) in [6.07, 6.45) is 0.673. The highest BCUT2D eigenvalue weighted by molar-refractivity contribution is 6.33. The van der Waals surface area contributed by atoms with Crippen molar-refractivity contribution in [2.45, 2.75) is 6.42 Å². The molecule has 1 aromatic rings. The SMILES string of the molecule is CN(CCCO)c1cc(Cl)nnc1Cl. The molecule has 0 atom stereocenters. The summed E-state index contributed by atoms with van der Waals surface area (Å²) in [5.74, 6) is 0. The van der Waals surface area contributed by atoms with Gasteiger partial charge in [-0.15, -0.1) is 10.2 Å². The zero-order chi connectivity index (χ0) is 10.6. The molecule has 4 nitrogen and oxygen atoms in total. The summed E-state index contributed by atoms with van der Waals surface area (Å²) in [6.45, 7) is 0.840. The standard InChI is InChI=1S/C8H11Cl2N3O/c1-13(3-2-4-14)6-5-7(9)11-12-8(6)10/h5,14H,2-4H2,1H3. The summed E-state index contributed by atoms with van der Waals surface area (Å²) in [7, 11) is 1.86. The topological polar surface area (TPSA) is 49.2 Å². The van der Waals surface area contributed by atoms with E-state index in [0.29, 0.717) is 23.3 Å². The van der Waals surface area contributed by atoms with E-state index in [1.807, 2.05) is 11.9 Å². The lowest BCUT2D eigenvalue weighted by molar-refractivity contribution is 0.290. The van der Waals surface area contributed by atoms with Crippen LogP contribution < -0.4 is 4.90 Å². The molecule has 0 unspecified atom stereocenters. The molecular formula is C8H11Cl2N3O. The Morgan fingerprint density at radius 1 is 1.43 bits per heavy atom. The van der Waals surface area contributed by atoms with Gasteiger partial charge < -0.3 is 10.0 Å². The molecule has 1 aromatic heterocycles. The van der Waals surface area contributed by atoms with Crippen LogP contribution in [0.1, 0.15) is 6.42 Å². The number of hydrogen-bond acceptors (Lipinski definition) is 4. The Morgan fingerprint density at radius 3 is 2.79 bits per heavy atom. The van der Waals surface area contributed by atoms with Crippen molar-refractivity contribution in [3.63, 3.8) is 0 Å². The fourth-order valence-electron chi connectivity index (χ4n) is 1.04. The molecule has 0 aliphatic carbocycles. The molecule has 1 rings (SSSR count). The Labute approximate surface area is 92.5 Å². The minimum atomic E-state index is 0.147. The van der Waals surface area contributed by atoms with E-state index in [1.165, 1.54) is 0 Å². The Hall–Kier alpha value is -0.580. The van der Waals surface area contributed by atoms with Gasteiger partial charge in [-0.2, -0.15) is 0 Å². The number of halogens is 2. The van der Waals surface area contributed by atoms with Crippen LogP contribution in [0, 0.1) is 0 Å². The van der Waals surface area contributed by atoms with Crippen molar-refractivity contribution in [2.75, 3.05) is 25.1 Å². The number of aliphatic hydroxyl groups excluding tert-OH is 1. The molecule has 1 heterocycles. The third-order valence-corrected chi connectivity index (χ3v) is 2.22. The summed E-state index contributed by atoms with van der Waals surface area (Å²) in [4.78, 5) is 1.87. The number of rotatable bonds is 4. The van der Waals surface area contributed by atoms with Crippen LogP contribution in [-0.4, -0.2) is 35.5 Å². The predicted molar refractivity (Wildman–Crippen MR) is 57.0 cm³/mol. The molecule has 0 radical (unpaired) electrons. The molecule has 6 heteroatoms. The molecule has 14 heavy (non-hydrogen) atoms. The first-order chi connectivity index (χ1) is 6.65. The summed E-state index contributed by atoms with van der Waals surface area (Å²) >= 11 is 11.5. The van der Waals surface area contributed by atoms with E-state index in [9.17, 15) is 0 Å². The fraction of sp³-hybridized carbons (Fsp3) is 0.500. The van der Waals surface area contributed by atoms with Crippen molar-refractivity contribution in [1.29, 1.82) is 0 Å². The van der Waals surface area contributed by atoms with E-state index in [0.717, 1.165) is 5.69 Å². The summed E-state index contributed by atoms with van der Waals surface area (Å²) in [5.41, 5.74) is 0.722. The molecule has 0 saturated carbocycles. The fourth-order valence-corrected chi connectivity index (χ4v) is 1.42. The average molecular weight is 236 g/mol. The molecule has 0 saturated heterocycles. The average Bonchev–Trinajstić information content (AvgIpc) is 2.18. The maximum Gasteiger partial charge on any atom is 0.175 e. The van der Waals surface area contributed by atoms with Crippen LogP contribution in [0.4, 0.5) is 5.69 Å². The van der Waals surface area contributed by atoms with Gasteiger partial charge >= 0.3 is 0 Å². The highest BCUT2D eigenvalue weighted by atomic mass is 35.5. The van der Waals surface area contributed by atoms with E-state index in [4.69, 9.17) is 28.3 Å². The van der Waals surface area contributed by atoms with E-state index in [1.54, 1.807) is 6.07 Å². The second-order valence-corrected chi connectivity index (χ2v) is 3.59. The lowest BCUT2D eigenvalue weighted by Gasteiger charge is -2.18. The molecule has 0 aliphatic heterocycles. The molecule has 0 spiro atoms. The van der Waals surface area contributed by atoms with Crippen LogP contribution in [0.25, 0.3) is 0 Å². The van der Waals surface area contributed by atoms with Gasteiger partial charge in [0.05, 0.1) is 5.69 Å². The Morgan fingerprint density at radius 2 is 2.14 bits per heavy atom. The molecular weight excluding hydrogens is 225 g/mol. The number of aliphatic hydroxyl groups is 1. The van der Waals surface area contributed by atoms with Gasteiger partial charge in [0, 0.05) is 26.3 Å². The van der Waals surface area contributed by atoms with Crippen LogP contribution in [0.5, 0.6) is 0 Å². The molecule has 0 aliphatic rings. The van der Waals surface area contributed by atoms with Gasteiger partial charge in [0.15, 0.2) is 10.3 Å². The summed E-state index contributed by atoms with van der Waals surface area (Å²) in [6, 6.07) is 1.65. The molecule has 0 amide bonds. The summed E-state index contributed by atoms with van der Waals surface area (Å²) < 4.78 is 0. The van der Waals surface area contributed by atoms with Crippen LogP contribution in [0.15, 0.2) is 6.07 Å². The van der Waals surface area contributed by atoms with E-state index in [2.05, 4.69) is 10.2 Å². The van der Waals surface area contributed by atoms with E-state index < -0.39 is 0 Å². The first kappa shape index (κ1) is 11.5. The second-order valence-electron chi connectivity index (χ2n) is 2.84. The predicted octanol–water partition coefficient (Wildman–Crippen LogP) is 1.60. The highest BCUT2D eigenvalue weighted by Crippen LogP contribution is 2.24.